The van der Waals surface area contributed by atoms with Crippen LogP contribution in [0.5, 0.6) is 5.75 Å². The fraction of sp³-hybridized carbons (Fsp3) is 0.400. The Kier molecular flexibility index (Phi) is 6.16. The Morgan fingerprint density at radius 1 is 1.04 bits per heavy atom. The molecule has 0 bridgehead atoms. The van der Waals surface area contributed by atoms with Crippen LogP contribution in [-0.4, -0.2) is 39.0 Å². The van der Waals surface area contributed by atoms with E-state index in [-0.39, 0.29) is 0 Å². The summed E-state index contributed by atoms with van der Waals surface area (Å²) in [7, 11) is -3.40. The lowest BCUT2D eigenvalue weighted by molar-refractivity contribution is 0.333. The summed E-state index contributed by atoms with van der Waals surface area (Å²) in [5.41, 5.74) is 1.98. The molecule has 2 aromatic rings. The van der Waals surface area contributed by atoms with E-state index in [1.807, 2.05) is 37.3 Å². The zero-order valence-corrected chi connectivity index (χ0v) is 16.0. The fourth-order valence-corrected chi connectivity index (χ4v) is 4.58. The highest BCUT2D eigenvalue weighted by molar-refractivity contribution is 7.89. The summed E-state index contributed by atoms with van der Waals surface area (Å²) < 4.78 is 32.8. The molecule has 3 rings (SSSR count). The molecule has 26 heavy (non-hydrogen) atoms. The van der Waals surface area contributed by atoms with Crippen LogP contribution in [0, 0.1) is 6.92 Å². The fourth-order valence-electron chi connectivity index (χ4n) is 3.02. The molecule has 5 nitrogen and oxygen atoms in total. The lowest BCUT2D eigenvalue weighted by Crippen LogP contribution is -2.35. The molecular formula is C20H26N2O3S. The summed E-state index contributed by atoms with van der Waals surface area (Å²) in [6.07, 6.45) is 2.98. The van der Waals surface area contributed by atoms with Crippen molar-refractivity contribution in [3.05, 3.63) is 54.1 Å². The minimum atomic E-state index is -3.40. The van der Waals surface area contributed by atoms with Gasteiger partial charge in [-0.1, -0.05) is 30.2 Å². The van der Waals surface area contributed by atoms with E-state index in [1.54, 1.807) is 22.5 Å². The molecule has 0 radical (unpaired) electrons. The van der Waals surface area contributed by atoms with Crippen molar-refractivity contribution in [1.82, 2.24) is 4.31 Å². The second kappa shape index (κ2) is 8.56. The van der Waals surface area contributed by atoms with Crippen molar-refractivity contribution in [2.75, 3.05) is 31.6 Å². The van der Waals surface area contributed by atoms with Gasteiger partial charge in [-0.2, -0.15) is 4.31 Å². The number of anilines is 1. The van der Waals surface area contributed by atoms with E-state index in [2.05, 4.69) is 5.32 Å². The van der Waals surface area contributed by atoms with Crippen molar-refractivity contribution < 1.29 is 13.2 Å². The summed E-state index contributed by atoms with van der Waals surface area (Å²) >= 11 is 0. The van der Waals surface area contributed by atoms with Crippen molar-refractivity contribution in [3.8, 4) is 5.75 Å². The average Bonchev–Trinajstić information content (AvgIpc) is 2.67. The number of ether oxygens (including phenoxy) is 1. The van der Waals surface area contributed by atoms with Gasteiger partial charge < -0.3 is 10.1 Å². The van der Waals surface area contributed by atoms with Gasteiger partial charge in [-0.25, -0.2) is 8.42 Å². The Morgan fingerprint density at radius 3 is 2.50 bits per heavy atom. The first-order valence-electron chi connectivity index (χ1n) is 9.09. The number of piperidine rings is 1. The van der Waals surface area contributed by atoms with Gasteiger partial charge in [0, 0.05) is 25.3 Å². The molecule has 0 amide bonds. The third-order valence-electron chi connectivity index (χ3n) is 4.51. The van der Waals surface area contributed by atoms with Gasteiger partial charge in [-0.3, -0.25) is 0 Å². The van der Waals surface area contributed by atoms with Crippen LogP contribution in [0.25, 0.3) is 0 Å². The summed E-state index contributed by atoms with van der Waals surface area (Å²) in [5.74, 6) is 0.832. The van der Waals surface area contributed by atoms with E-state index in [1.165, 1.54) is 5.56 Å². The van der Waals surface area contributed by atoms with Gasteiger partial charge in [0.1, 0.15) is 12.4 Å². The van der Waals surface area contributed by atoms with E-state index in [0.29, 0.717) is 31.1 Å². The zero-order valence-electron chi connectivity index (χ0n) is 15.1. The summed E-state index contributed by atoms with van der Waals surface area (Å²) in [6, 6.07) is 14.9. The van der Waals surface area contributed by atoms with Gasteiger partial charge in [-0.05, 0) is 50.1 Å². The molecule has 0 unspecified atom stereocenters. The monoisotopic (exact) mass is 374 g/mol. The Bertz CT molecular complexity index is 813. The van der Waals surface area contributed by atoms with Crippen LogP contribution in [0.3, 0.4) is 0 Å². The van der Waals surface area contributed by atoms with E-state index in [4.69, 9.17) is 4.74 Å². The largest absolute Gasteiger partial charge is 0.492 e. The lowest BCUT2D eigenvalue weighted by atomic mass is 10.2. The lowest BCUT2D eigenvalue weighted by Gasteiger charge is -2.26. The summed E-state index contributed by atoms with van der Waals surface area (Å²) in [6.45, 7) is 4.37. The SMILES string of the molecule is Cc1ccc(OCCNc2cccc(S(=O)(=O)N3CCCCC3)c2)cc1. The van der Waals surface area contributed by atoms with Gasteiger partial charge >= 0.3 is 0 Å². The van der Waals surface area contributed by atoms with E-state index in [0.717, 1.165) is 30.7 Å². The number of benzene rings is 2. The maximum absolute atomic E-state index is 12.8. The normalized spacial score (nSPS) is 15.6. The molecule has 1 saturated heterocycles. The van der Waals surface area contributed by atoms with Gasteiger partial charge in [0.15, 0.2) is 0 Å². The van der Waals surface area contributed by atoms with Crippen molar-refractivity contribution >= 4 is 15.7 Å². The number of sulfonamides is 1. The van der Waals surface area contributed by atoms with Gasteiger partial charge in [0.05, 0.1) is 4.90 Å². The first-order chi connectivity index (χ1) is 12.6. The molecular weight excluding hydrogens is 348 g/mol. The van der Waals surface area contributed by atoms with Crippen LogP contribution in [0.1, 0.15) is 24.8 Å². The molecule has 0 saturated carbocycles. The Hall–Kier alpha value is -2.05. The Labute approximate surface area is 156 Å². The Morgan fingerprint density at radius 2 is 1.77 bits per heavy atom. The smallest absolute Gasteiger partial charge is 0.243 e. The average molecular weight is 375 g/mol. The number of nitrogens with zero attached hydrogens (tertiary/aromatic N) is 1. The summed E-state index contributed by atoms with van der Waals surface area (Å²) in [5, 5.41) is 3.23. The van der Waals surface area contributed by atoms with Crippen LogP contribution >= 0.6 is 0 Å². The minimum Gasteiger partial charge on any atom is -0.492 e. The predicted molar refractivity (Wildman–Crippen MR) is 104 cm³/mol. The first kappa shape index (κ1) is 18.7. The van der Waals surface area contributed by atoms with Crippen LogP contribution < -0.4 is 10.1 Å². The molecule has 0 aromatic heterocycles. The summed E-state index contributed by atoms with van der Waals surface area (Å²) in [4.78, 5) is 0.351. The molecule has 2 aromatic carbocycles. The van der Waals surface area contributed by atoms with Crippen molar-refractivity contribution in [3.63, 3.8) is 0 Å². The van der Waals surface area contributed by atoms with Crippen LogP contribution in [-0.2, 0) is 10.0 Å². The van der Waals surface area contributed by atoms with Crippen molar-refractivity contribution in [1.29, 1.82) is 0 Å². The van der Waals surface area contributed by atoms with E-state index >= 15 is 0 Å². The number of nitrogens with one attached hydrogen (secondary N) is 1. The predicted octanol–water partition coefficient (Wildman–Crippen LogP) is 3.66. The topological polar surface area (TPSA) is 58.6 Å². The second-order valence-corrected chi connectivity index (χ2v) is 8.52. The molecule has 140 valence electrons. The van der Waals surface area contributed by atoms with Crippen LogP contribution in [0.4, 0.5) is 5.69 Å². The quantitative estimate of drug-likeness (QED) is 0.752. The minimum absolute atomic E-state index is 0.351. The maximum Gasteiger partial charge on any atom is 0.243 e. The molecule has 6 heteroatoms. The van der Waals surface area contributed by atoms with Gasteiger partial charge in [0.25, 0.3) is 0 Å². The molecule has 1 fully saturated rings. The van der Waals surface area contributed by atoms with E-state index < -0.39 is 10.0 Å². The number of hydrogen-bond acceptors (Lipinski definition) is 4. The highest BCUT2D eigenvalue weighted by Gasteiger charge is 2.25. The number of hydrogen-bond donors (Lipinski definition) is 1. The van der Waals surface area contributed by atoms with Crippen molar-refractivity contribution in [2.24, 2.45) is 0 Å². The molecule has 0 aliphatic carbocycles. The van der Waals surface area contributed by atoms with E-state index in [9.17, 15) is 8.42 Å². The molecule has 0 atom stereocenters. The molecule has 1 aliphatic rings. The Balaban J connectivity index is 1.56. The number of aryl methyl sites for hydroxylation is 1. The zero-order chi connectivity index (χ0) is 18.4. The maximum atomic E-state index is 12.8. The second-order valence-electron chi connectivity index (χ2n) is 6.58. The molecule has 1 N–H and O–H groups in total. The first-order valence-corrected chi connectivity index (χ1v) is 10.5. The van der Waals surface area contributed by atoms with Crippen LogP contribution in [0.15, 0.2) is 53.4 Å². The molecule has 1 heterocycles. The standard InChI is InChI=1S/C20H26N2O3S/c1-17-8-10-19(11-9-17)25-15-12-21-18-6-5-7-20(16-18)26(23,24)22-13-3-2-4-14-22/h5-11,16,21H,2-4,12-15H2,1H3. The highest BCUT2D eigenvalue weighted by atomic mass is 32.2. The number of rotatable bonds is 7. The van der Waals surface area contributed by atoms with Gasteiger partial charge in [0.2, 0.25) is 10.0 Å². The molecule has 0 spiro atoms. The van der Waals surface area contributed by atoms with Gasteiger partial charge in [-0.15, -0.1) is 0 Å². The van der Waals surface area contributed by atoms with Crippen LogP contribution in [0.2, 0.25) is 0 Å². The van der Waals surface area contributed by atoms with Crippen molar-refractivity contribution in [2.45, 2.75) is 31.1 Å². The highest BCUT2D eigenvalue weighted by Crippen LogP contribution is 2.22. The third kappa shape index (κ3) is 4.77. The third-order valence-corrected chi connectivity index (χ3v) is 6.40. The molecule has 1 aliphatic heterocycles.